The first-order valence-corrected chi connectivity index (χ1v) is 14.6. The smallest absolute Gasteiger partial charge is 0.0713 e. The SMILES string of the molecule is CC1C=CC(c2ccc(C(=N)Cc3ccc4c(c3)-c3ccccc3C4(c3ccccc3)c3ccccc3)cc2)=CC1. The lowest BCUT2D eigenvalue weighted by molar-refractivity contribution is 0.739. The Kier molecular flexibility index (Phi) is 6.36. The van der Waals surface area contributed by atoms with Crippen LogP contribution in [-0.4, -0.2) is 5.71 Å². The van der Waals surface area contributed by atoms with Gasteiger partial charge in [0.1, 0.15) is 0 Å². The van der Waals surface area contributed by atoms with Gasteiger partial charge in [0.15, 0.2) is 0 Å². The van der Waals surface area contributed by atoms with Gasteiger partial charge in [-0.25, -0.2) is 0 Å². The summed E-state index contributed by atoms with van der Waals surface area (Å²) in [5, 5.41) is 8.97. The molecule has 1 heteroatoms. The van der Waals surface area contributed by atoms with Crippen molar-refractivity contribution in [1.82, 2.24) is 0 Å². The summed E-state index contributed by atoms with van der Waals surface area (Å²) in [7, 11) is 0. The van der Waals surface area contributed by atoms with E-state index in [0.717, 1.165) is 17.5 Å². The van der Waals surface area contributed by atoms with Gasteiger partial charge < -0.3 is 5.41 Å². The van der Waals surface area contributed by atoms with Crippen molar-refractivity contribution in [3.63, 3.8) is 0 Å². The molecule has 0 bridgehead atoms. The lowest BCUT2D eigenvalue weighted by atomic mass is 9.67. The number of rotatable bonds is 6. The van der Waals surface area contributed by atoms with Crippen molar-refractivity contribution in [3.8, 4) is 11.1 Å². The van der Waals surface area contributed by atoms with Crippen LogP contribution in [0.3, 0.4) is 0 Å². The molecule has 0 aromatic heterocycles. The topological polar surface area (TPSA) is 23.9 Å². The molecule has 0 aliphatic heterocycles. The zero-order valence-corrected chi connectivity index (χ0v) is 23.3. The molecule has 1 nitrogen and oxygen atoms in total. The lowest BCUT2D eigenvalue weighted by Gasteiger charge is -2.33. The normalized spacial score (nSPS) is 16.5. The van der Waals surface area contributed by atoms with Crippen LogP contribution in [0.15, 0.2) is 146 Å². The summed E-state index contributed by atoms with van der Waals surface area (Å²) in [6.07, 6.45) is 8.50. The van der Waals surface area contributed by atoms with Gasteiger partial charge in [-0.2, -0.15) is 0 Å². The first-order valence-electron chi connectivity index (χ1n) is 14.6. The summed E-state index contributed by atoms with van der Waals surface area (Å²) in [4.78, 5) is 0. The molecular formula is C40H33N. The molecule has 0 radical (unpaired) electrons. The van der Waals surface area contributed by atoms with E-state index < -0.39 is 0 Å². The molecule has 2 aliphatic carbocycles. The molecular weight excluding hydrogens is 494 g/mol. The quantitative estimate of drug-likeness (QED) is 0.209. The van der Waals surface area contributed by atoms with Gasteiger partial charge in [-0.1, -0.05) is 153 Å². The maximum absolute atomic E-state index is 8.97. The van der Waals surface area contributed by atoms with Crippen LogP contribution in [0.5, 0.6) is 0 Å². The van der Waals surface area contributed by atoms with Gasteiger partial charge >= 0.3 is 0 Å². The van der Waals surface area contributed by atoms with Crippen LogP contribution in [0.4, 0.5) is 0 Å². The molecule has 2 aliphatic rings. The molecule has 1 N–H and O–H groups in total. The fraction of sp³-hybridized carbons (Fsp3) is 0.125. The van der Waals surface area contributed by atoms with E-state index in [-0.39, 0.29) is 5.41 Å². The van der Waals surface area contributed by atoms with E-state index in [1.165, 1.54) is 44.5 Å². The van der Waals surface area contributed by atoms with Crippen LogP contribution in [0.25, 0.3) is 16.7 Å². The van der Waals surface area contributed by atoms with Crippen molar-refractivity contribution in [1.29, 1.82) is 5.41 Å². The second kappa shape index (κ2) is 10.3. The first-order chi connectivity index (χ1) is 20.1. The Morgan fingerprint density at radius 1 is 0.707 bits per heavy atom. The van der Waals surface area contributed by atoms with Gasteiger partial charge in [0.25, 0.3) is 0 Å². The van der Waals surface area contributed by atoms with Gasteiger partial charge in [0.2, 0.25) is 0 Å². The molecule has 0 spiro atoms. The largest absolute Gasteiger partial charge is 0.304 e. The summed E-state index contributed by atoms with van der Waals surface area (Å²) in [6, 6.07) is 46.0. The standard InChI is InChI=1S/C40H33N/c1-28-16-19-30(20-17-28)31-21-23-32(24-22-31)39(41)27-29-18-25-38-36(26-29)35-14-8-9-15-37(35)40(38,33-10-4-2-5-11-33)34-12-6-3-7-13-34/h2-16,18-26,28,41H,17,27H2,1H3. The molecule has 198 valence electrons. The minimum Gasteiger partial charge on any atom is -0.304 e. The fourth-order valence-corrected chi connectivity index (χ4v) is 6.72. The van der Waals surface area contributed by atoms with E-state index in [4.69, 9.17) is 5.41 Å². The second-order valence-corrected chi connectivity index (χ2v) is 11.4. The van der Waals surface area contributed by atoms with Gasteiger partial charge in [-0.15, -0.1) is 0 Å². The molecule has 0 saturated carbocycles. The zero-order valence-electron chi connectivity index (χ0n) is 23.3. The van der Waals surface area contributed by atoms with Crippen LogP contribution >= 0.6 is 0 Å². The highest BCUT2D eigenvalue weighted by atomic mass is 14.5. The predicted molar refractivity (Wildman–Crippen MR) is 172 cm³/mol. The number of nitrogens with one attached hydrogen (secondary N) is 1. The van der Waals surface area contributed by atoms with Crippen LogP contribution in [0.2, 0.25) is 0 Å². The van der Waals surface area contributed by atoms with Crippen LogP contribution < -0.4 is 0 Å². The van der Waals surface area contributed by atoms with Gasteiger partial charge in [-0.3, -0.25) is 0 Å². The average Bonchev–Trinajstić information content (AvgIpc) is 3.33. The van der Waals surface area contributed by atoms with E-state index in [1.807, 2.05) is 0 Å². The van der Waals surface area contributed by atoms with Gasteiger partial charge in [0.05, 0.1) is 5.41 Å². The molecule has 1 atom stereocenters. The Hall–Kier alpha value is -4.75. The second-order valence-electron chi connectivity index (χ2n) is 11.4. The average molecular weight is 528 g/mol. The van der Waals surface area contributed by atoms with Gasteiger partial charge in [0, 0.05) is 12.1 Å². The molecule has 5 aromatic carbocycles. The van der Waals surface area contributed by atoms with Crippen LogP contribution in [0, 0.1) is 11.3 Å². The number of allylic oxidation sites excluding steroid dienone is 4. The van der Waals surface area contributed by atoms with E-state index in [0.29, 0.717) is 18.1 Å². The maximum atomic E-state index is 8.97. The first kappa shape index (κ1) is 25.2. The van der Waals surface area contributed by atoms with Crippen LogP contribution in [0.1, 0.15) is 52.3 Å². The zero-order chi connectivity index (χ0) is 27.8. The fourth-order valence-electron chi connectivity index (χ4n) is 6.72. The summed E-state index contributed by atoms with van der Waals surface area (Å²) in [6.45, 7) is 2.25. The minimum atomic E-state index is -0.379. The molecule has 0 saturated heterocycles. The number of fused-ring (bicyclic) bond motifs is 3. The predicted octanol–water partition coefficient (Wildman–Crippen LogP) is 9.64. The highest BCUT2D eigenvalue weighted by molar-refractivity contribution is 6.00. The third kappa shape index (κ3) is 4.30. The van der Waals surface area contributed by atoms with Crippen molar-refractivity contribution < 1.29 is 0 Å². The highest BCUT2D eigenvalue weighted by Gasteiger charge is 2.45. The Bertz CT molecular complexity index is 1750. The Balaban J connectivity index is 1.26. The molecule has 0 heterocycles. The highest BCUT2D eigenvalue weighted by Crippen LogP contribution is 2.56. The number of hydrogen-bond acceptors (Lipinski definition) is 1. The van der Waals surface area contributed by atoms with Crippen molar-refractivity contribution >= 4 is 11.3 Å². The van der Waals surface area contributed by atoms with E-state index in [1.54, 1.807) is 0 Å². The summed E-state index contributed by atoms with van der Waals surface area (Å²) < 4.78 is 0. The molecule has 1 unspecified atom stereocenters. The van der Waals surface area contributed by atoms with Crippen molar-refractivity contribution in [2.24, 2.45) is 5.92 Å². The van der Waals surface area contributed by atoms with E-state index in [2.05, 4.69) is 153 Å². The van der Waals surface area contributed by atoms with Crippen LogP contribution in [-0.2, 0) is 11.8 Å². The third-order valence-electron chi connectivity index (χ3n) is 8.78. The maximum Gasteiger partial charge on any atom is 0.0713 e. The van der Waals surface area contributed by atoms with Crippen molar-refractivity contribution in [2.45, 2.75) is 25.2 Å². The number of hydrogen-bond donors (Lipinski definition) is 1. The summed E-state index contributed by atoms with van der Waals surface area (Å²) >= 11 is 0. The van der Waals surface area contributed by atoms with Gasteiger partial charge in [-0.05, 0) is 68.0 Å². The molecule has 41 heavy (non-hydrogen) atoms. The summed E-state index contributed by atoms with van der Waals surface area (Å²) in [5.41, 5.74) is 12.6. The van der Waals surface area contributed by atoms with Crippen molar-refractivity contribution in [2.75, 3.05) is 0 Å². The summed E-state index contributed by atoms with van der Waals surface area (Å²) in [5.74, 6) is 0.607. The number of benzene rings is 5. The van der Waals surface area contributed by atoms with Crippen molar-refractivity contribution in [3.05, 3.63) is 185 Å². The minimum absolute atomic E-state index is 0.379. The Morgan fingerprint density at radius 2 is 1.34 bits per heavy atom. The molecule has 0 amide bonds. The Morgan fingerprint density at radius 3 is 2.00 bits per heavy atom. The van der Waals surface area contributed by atoms with E-state index >= 15 is 0 Å². The Labute approximate surface area is 243 Å². The molecule has 7 rings (SSSR count). The third-order valence-corrected chi connectivity index (χ3v) is 8.78. The van der Waals surface area contributed by atoms with E-state index in [9.17, 15) is 0 Å². The monoisotopic (exact) mass is 527 g/mol. The molecule has 5 aromatic rings. The molecule has 0 fully saturated rings. The lowest BCUT2D eigenvalue weighted by Crippen LogP contribution is -2.28.